The third-order valence-electron chi connectivity index (χ3n) is 20.2. The molecular weight excluding hydrogens is 1310 g/mol. The number of ether oxygens (including phenoxy) is 6. The molecule has 103 heavy (non-hydrogen) atoms. The molecule has 1 amide bonds. The molecule has 3 heterocycles. The van der Waals surface area contributed by atoms with Crippen LogP contribution in [0.1, 0.15) is 309 Å². The number of nitrogens with one attached hydrogen (secondary N) is 1. The second-order valence-corrected chi connectivity index (χ2v) is 29.2. The molecule has 0 aliphatic carbocycles. The van der Waals surface area contributed by atoms with Crippen molar-refractivity contribution in [3.63, 3.8) is 0 Å². The zero-order chi connectivity index (χ0) is 74.6. The predicted octanol–water partition coefficient (Wildman–Crippen LogP) is 14.2. The van der Waals surface area contributed by atoms with E-state index >= 15 is 0 Å². The third kappa shape index (κ3) is 43.7. The van der Waals surface area contributed by atoms with Gasteiger partial charge in [0.2, 0.25) is 5.91 Å². The molecule has 19 heteroatoms. The standard InChI is InChI=1S/C84H149NO18/c1-3-5-7-9-11-13-15-17-19-21-23-25-27-29-30-31-32-33-34-35-36-38-40-42-44-46-48-50-52-54-56-58-60-62-72(90)85-67(68(89)61-59-57-55-53-51-49-47-45-43-41-39-37-28-26-24-22-20-18-16-14-12-10-8-6-4-2)66-98-82-78(96)75(93)80(70(64-87)100-82)103-84-79(97)76(94)81(71(65-88)101-84)102-83-77(95)74(92)73(91)69(63-86)99-83/h5,7,11,13,17,19,23,25,43,45,51,53,59,61,67-71,73-84,86-89,91-97H,3-4,6,8-10,12,14-16,18,20-22,24,26-42,44,46-50,52,54-58,60,62-66H2,1-2H3,(H,85,90)/b7-5-,13-11-,19-17-,25-23-,45-43+,53-51+,61-59+. The fraction of sp³-hybridized carbons (Fsp3) is 0.821. The van der Waals surface area contributed by atoms with Crippen LogP contribution in [0.25, 0.3) is 0 Å². The van der Waals surface area contributed by atoms with E-state index in [0.717, 1.165) is 70.6 Å². The Bertz CT molecular complexity index is 2190. The highest BCUT2D eigenvalue weighted by Crippen LogP contribution is 2.33. The van der Waals surface area contributed by atoms with Gasteiger partial charge in [-0.3, -0.25) is 4.79 Å². The minimum absolute atomic E-state index is 0.231. The Kier molecular flexibility index (Phi) is 58.4. The molecule has 3 aliphatic heterocycles. The molecule has 0 aromatic carbocycles. The number of rotatable bonds is 65. The first-order chi connectivity index (χ1) is 50.3. The molecule has 598 valence electrons. The summed E-state index contributed by atoms with van der Waals surface area (Å²) in [5.41, 5.74) is 0. The lowest BCUT2D eigenvalue weighted by molar-refractivity contribution is -0.379. The summed E-state index contributed by atoms with van der Waals surface area (Å²) < 4.78 is 34.4. The quantitative estimate of drug-likeness (QED) is 0.0199. The first-order valence-electron chi connectivity index (χ1n) is 41.3. The van der Waals surface area contributed by atoms with Crippen molar-refractivity contribution < 1.29 is 89.4 Å². The highest BCUT2D eigenvalue weighted by Gasteiger charge is 2.54. The van der Waals surface area contributed by atoms with E-state index in [2.05, 4.69) is 92.1 Å². The lowest BCUT2D eigenvalue weighted by Gasteiger charge is -2.48. The van der Waals surface area contributed by atoms with Crippen LogP contribution in [0.4, 0.5) is 0 Å². The molecule has 0 bridgehead atoms. The lowest BCUT2D eigenvalue weighted by Crippen LogP contribution is -2.66. The Morgan fingerprint density at radius 3 is 1.09 bits per heavy atom. The lowest BCUT2D eigenvalue weighted by atomic mass is 9.96. The molecule has 19 nitrogen and oxygen atoms in total. The SMILES string of the molecule is CC/C=C\C/C=C\C/C=C\C/C=C\CCCCCCCCCCCCCCCCCCCCCCC(=O)NC(COC1OC(CO)C(OC2OC(CO)C(OC3OC(CO)C(O)C(O)C3O)C(O)C2O)C(O)C1O)C(O)/C=C/CC/C=C/CC/C=C/CCCCCCCCCCCCCCCCC. The molecular formula is C84H149NO18. The van der Waals surface area contributed by atoms with Crippen molar-refractivity contribution in [1.82, 2.24) is 5.32 Å². The van der Waals surface area contributed by atoms with Crippen LogP contribution >= 0.6 is 0 Å². The van der Waals surface area contributed by atoms with Crippen molar-refractivity contribution in [2.24, 2.45) is 0 Å². The highest BCUT2D eigenvalue weighted by molar-refractivity contribution is 5.76. The van der Waals surface area contributed by atoms with Gasteiger partial charge in [-0.05, 0) is 83.5 Å². The average Bonchev–Trinajstić information content (AvgIpc) is 0.781. The highest BCUT2D eigenvalue weighted by atomic mass is 16.8. The molecule has 3 saturated heterocycles. The van der Waals surface area contributed by atoms with Gasteiger partial charge in [-0.15, -0.1) is 0 Å². The van der Waals surface area contributed by atoms with E-state index in [1.54, 1.807) is 6.08 Å². The third-order valence-corrected chi connectivity index (χ3v) is 20.2. The average molecular weight is 1460 g/mol. The topological polar surface area (TPSA) is 307 Å². The molecule has 0 aromatic rings. The molecule has 0 radical (unpaired) electrons. The van der Waals surface area contributed by atoms with Gasteiger partial charge < -0.3 is 89.9 Å². The predicted molar refractivity (Wildman–Crippen MR) is 411 cm³/mol. The maximum atomic E-state index is 13.5. The largest absolute Gasteiger partial charge is 0.394 e. The minimum Gasteiger partial charge on any atom is -0.394 e. The molecule has 0 spiro atoms. The Morgan fingerprint density at radius 1 is 0.359 bits per heavy atom. The van der Waals surface area contributed by atoms with Gasteiger partial charge in [0.15, 0.2) is 18.9 Å². The number of amides is 1. The number of hydrogen-bond donors (Lipinski definition) is 12. The van der Waals surface area contributed by atoms with Gasteiger partial charge in [0.05, 0.1) is 38.6 Å². The Hall–Kier alpha value is -3.03. The monoisotopic (exact) mass is 1460 g/mol. The van der Waals surface area contributed by atoms with Gasteiger partial charge in [0.1, 0.15) is 73.2 Å². The molecule has 12 N–H and O–H groups in total. The zero-order valence-electron chi connectivity index (χ0n) is 64.0. The van der Waals surface area contributed by atoms with Gasteiger partial charge in [0.25, 0.3) is 0 Å². The van der Waals surface area contributed by atoms with Crippen LogP contribution in [0.5, 0.6) is 0 Å². The number of aliphatic hydroxyl groups is 11. The number of carbonyl (C=O) groups excluding carboxylic acids is 1. The molecule has 3 aliphatic rings. The summed E-state index contributed by atoms with van der Waals surface area (Å²) in [6.07, 6.45) is 58.6. The van der Waals surface area contributed by atoms with Gasteiger partial charge in [-0.1, -0.05) is 304 Å². The van der Waals surface area contributed by atoms with Crippen molar-refractivity contribution in [2.75, 3.05) is 26.4 Å². The fourth-order valence-electron chi connectivity index (χ4n) is 13.6. The van der Waals surface area contributed by atoms with Crippen molar-refractivity contribution in [2.45, 2.75) is 413 Å². The van der Waals surface area contributed by atoms with Crippen molar-refractivity contribution in [3.05, 3.63) is 85.1 Å². The fourth-order valence-corrected chi connectivity index (χ4v) is 13.6. The molecule has 0 aromatic heterocycles. The van der Waals surface area contributed by atoms with Gasteiger partial charge in [-0.25, -0.2) is 0 Å². The maximum absolute atomic E-state index is 13.5. The van der Waals surface area contributed by atoms with Crippen LogP contribution in [-0.2, 0) is 33.2 Å². The van der Waals surface area contributed by atoms with E-state index in [1.807, 2.05) is 6.08 Å². The van der Waals surface area contributed by atoms with Gasteiger partial charge in [-0.2, -0.15) is 0 Å². The smallest absolute Gasteiger partial charge is 0.220 e. The normalized spacial score (nSPS) is 26.5. The van der Waals surface area contributed by atoms with E-state index in [-0.39, 0.29) is 18.9 Å². The number of hydrogen-bond acceptors (Lipinski definition) is 18. The summed E-state index contributed by atoms with van der Waals surface area (Å²) >= 11 is 0. The first kappa shape index (κ1) is 94.2. The van der Waals surface area contributed by atoms with Crippen LogP contribution < -0.4 is 5.32 Å². The Balaban J connectivity index is 1.37. The Labute approximate surface area is 622 Å². The van der Waals surface area contributed by atoms with Crippen LogP contribution in [0.3, 0.4) is 0 Å². The zero-order valence-corrected chi connectivity index (χ0v) is 64.0. The van der Waals surface area contributed by atoms with E-state index in [9.17, 15) is 61.0 Å². The Morgan fingerprint density at radius 2 is 0.680 bits per heavy atom. The van der Waals surface area contributed by atoms with E-state index < -0.39 is 124 Å². The number of carbonyl (C=O) groups is 1. The molecule has 3 rings (SSSR count). The van der Waals surface area contributed by atoms with E-state index in [1.165, 1.54) is 205 Å². The number of unbranched alkanes of at least 4 members (excludes halogenated alkanes) is 37. The summed E-state index contributed by atoms with van der Waals surface area (Å²) in [4.78, 5) is 13.5. The number of aliphatic hydroxyl groups excluding tert-OH is 11. The first-order valence-corrected chi connectivity index (χ1v) is 41.3. The van der Waals surface area contributed by atoms with Crippen LogP contribution in [0, 0.1) is 0 Å². The molecule has 17 atom stereocenters. The summed E-state index contributed by atoms with van der Waals surface area (Å²) in [5, 5.41) is 121. The summed E-state index contributed by atoms with van der Waals surface area (Å²) in [6.45, 7) is 1.63. The van der Waals surface area contributed by atoms with Crippen LogP contribution in [0.15, 0.2) is 85.1 Å². The molecule has 3 fully saturated rings. The van der Waals surface area contributed by atoms with Crippen molar-refractivity contribution in [3.8, 4) is 0 Å². The molecule has 17 unspecified atom stereocenters. The summed E-state index contributed by atoms with van der Waals surface area (Å²) in [5.74, 6) is -0.287. The van der Waals surface area contributed by atoms with Gasteiger partial charge in [0, 0.05) is 6.42 Å². The maximum Gasteiger partial charge on any atom is 0.220 e. The summed E-state index contributed by atoms with van der Waals surface area (Å²) in [7, 11) is 0. The van der Waals surface area contributed by atoms with E-state index in [0.29, 0.717) is 12.8 Å². The minimum atomic E-state index is -1.99. The second-order valence-electron chi connectivity index (χ2n) is 29.2. The summed E-state index contributed by atoms with van der Waals surface area (Å²) in [6, 6.07) is -1.00. The van der Waals surface area contributed by atoms with Crippen molar-refractivity contribution >= 4 is 5.91 Å². The van der Waals surface area contributed by atoms with Gasteiger partial charge >= 0.3 is 0 Å². The van der Waals surface area contributed by atoms with E-state index in [4.69, 9.17) is 28.4 Å². The van der Waals surface area contributed by atoms with Crippen LogP contribution in [-0.4, -0.2) is 193 Å². The number of allylic oxidation sites excluding steroid dienone is 13. The second kappa shape index (κ2) is 63.9. The van der Waals surface area contributed by atoms with Crippen molar-refractivity contribution in [1.29, 1.82) is 0 Å². The van der Waals surface area contributed by atoms with Crippen LogP contribution in [0.2, 0.25) is 0 Å². The molecule has 0 saturated carbocycles.